The SMILES string of the molecule is Brc1n[se]nc1Br. The first kappa shape index (κ1) is 5.95. The van der Waals surface area contributed by atoms with Gasteiger partial charge in [-0.1, -0.05) is 0 Å². The van der Waals surface area contributed by atoms with Gasteiger partial charge in [0.05, 0.1) is 0 Å². The van der Waals surface area contributed by atoms with Gasteiger partial charge in [-0.3, -0.25) is 0 Å². The number of halogens is 2. The van der Waals surface area contributed by atoms with Crippen LogP contribution in [-0.4, -0.2) is 22.9 Å². The van der Waals surface area contributed by atoms with Crippen molar-refractivity contribution in [2.24, 2.45) is 0 Å². The van der Waals surface area contributed by atoms with E-state index in [4.69, 9.17) is 0 Å². The molecule has 0 aliphatic heterocycles. The molecule has 0 aliphatic carbocycles. The summed E-state index contributed by atoms with van der Waals surface area (Å²) in [5, 5.41) is 0. The van der Waals surface area contributed by atoms with Gasteiger partial charge in [0, 0.05) is 0 Å². The van der Waals surface area contributed by atoms with E-state index < -0.39 is 0 Å². The minimum atomic E-state index is 0.0949. The van der Waals surface area contributed by atoms with Crippen LogP contribution in [0.2, 0.25) is 0 Å². The Bertz CT molecular complexity index is 146. The van der Waals surface area contributed by atoms with Gasteiger partial charge >= 0.3 is 64.0 Å². The molecule has 0 aliphatic rings. The van der Waals surface area contributed by atoms with E-state index in [2.05, 4.69) is 39.8 Å². The van der Waals surface area contributed by atoms with Crippen LogP contribution in [0, 0.1) is 0 Å². The summed E-state index contributed by atoms with van der Waals surface area (Å²) >= 11 is 6.48. The second-order valence-corrected chi connectivity index (χ2v) is 3.46. The third-order valence-electron chi connectivity index (χ3n) is 0.412. The zero-order chi connectivity index (χ0) is 5.28. The topological polar surface area (TPSA) is 25.8 Å². The molecule has 0 spiro atoms. The first-order valence-electron chi connectivity index (χ1n) is 1.44. The summed E-state index contributed by atoms with van der Waals surface area (Å²) in [7, 11) is 0. The standard InChI is InChI=1S/C2Br2N2Se/c3-1-2(4)6-7-5-1. The molecule has 7 heavy (non-hydrogen) atoms. The third-order valence-corrected chi connectivity index (χ3v) is 4.22. The molecule has 5 heteroatoms. The van der Waals surface area contributed by atoms with Crippen molar-refractivity contribution in [3.63, 3.8) is 0 Å². The van der Waals surface area contributed by atoms with Crippen molar-refractivity contribution >= 4 is 46.8 Å². The molecule has 0 saturated carbocycles. The van der Waals surface area contributed by atoms with Gasteiger partial charge in [0.1, 0.15) is 0 Å². The Kier molecular flexibility index (Phi) is 2.04. The number of nitrogens with zero attached hydrogens (tertiary/aromatic N) is 2. The van der Waals surface area contributed by atoms with Crippen molar-refractivity contribution in [1.82, 2.24) is 7.96 Å². The van der Waals surface area contributed by atoms with Crippen LogP contribution < -0.4 is 0 Å². The van der Waals surface area contributed by atoms with Gasteiger partial charge in [0.25, 0.3) is 0 Å². The number of hydrogen-bond donors (Lipinski definition) is 0. The van der Waals surface area contributed by atoms with Gasteiger partial charge < -0.3 is 0 Å². The Labute approximate surface area is 63.8 Å². The maximum absolute atomic E-state index is 3.96. The molecule has 0 amide bonds. The van der Waals surface area contributed by atoms with Crippen molar-refractivity contribution in [3.8, 4) is 0 Å². The molecule has 1 heterocycles. The maximum atomic E-state index is 3.96. The predicted molar refractivity (Wildman–Crippen MR) is 34.4 cm³/mol. The van der Waals surface area contributed by atoms with E-state index in [1.54, 1.807) is 0 Å². The van der Waals surface area contributed by atoms with Crippen LogP contribution in [-0.2, 0) is 0 Å². The zero-order valence-corrected chi connectivity index (χ0v) is 7.94. The van der Waals surface area contributed by atoms with E-state index >= 15 is 0 Å². The van der Waals surface area contributed by atoms with Gasteiger partial charge in [0.2, 0.25) is 0 Å². The van der Waals surface area contributed by atoms with E-state index in [9.17, 15) is 0 Å². The summed E-state index contributed by atoms with van der Waals surface area (Å²) in [6, 6.07) is 0. The summed E-state index contributed by atoms with van der Waals surface area (Å²) in [4.78, 5) is 0. The molecule has 0 aromatic carbocycles. The van der Waals surface area contributed by atoms with Crippen molar-refractivity contribution in [3.05, 3.63) is 9.21 Å². The van der Waals surface area contributed by atoms with Crippen molar-refractivity contribution < 1.29 is 0 Å². The Balaban J connectivity index is 3.12. The Morgan fingerprint density at radius 3 is 1.71 bits per heavy atom. The molecule has 0 N–H and O–H groups in total. The van der Waals surface area contributed by atoms with E-state index in [-0.39, 0.29) is 15.0 Å². The second kappa shape index (κ2) is 2.40. The molecule has 0 saturated heterocycles. The number of aromatic nitrogens is 2. The van der Waals surface area contributed by atoms with Gasteiger partial charge in [-0.25, -0.2) is 0 Å². The van der Waals surface area contributed by atoms with Crippen LogP contribution in [0.3, 0.4) is 0 Å². The number of rotatable bonds is 0. The molecule has 0 fully saturated rings. The fourth-order valence-corrected chi connectivity index (χ4v) is 2.30. The van der Waals surface area contributed by atoms with Gasteiger partial charge in [-0.2, -0.15) is 0 Å². The monoisotopic (exact) mass is 290 g/mol. The van der Waals surface area contributed by atoms with Gasteiger partial charge in [-0.05, 0) is 0 Å². The fourth-order valence-electron chi connectivity index (χ4n) is 0.167. The average molecular weight is 291 g/mol. The van der Waals surface area contributed by atoms with Crippen molar-refractivity contribution in [1.29, 1.82) is 0 Å². The van der Waals surface area contributed by atoms with Gasteiger partial charge in [0.15, 0.2) is 0 Å². The molecule has 2 nitrogen and oxygen atoms in total. The molecule has 1 aromatic heterocycles. The van der Waals surface area contributed by atoms with Gasteiger partial charge in [-0.15, -0.1) is 0 Å². The number of hydrogen-bond acceptors (Lipinski definition) is 2. The van der Waals surface area contributed by atoms with Crippen LogP contribution >= 0.6 is 31.9 Å². The quantitative estimate of drug-likeness (QED) is 0.668. The van der Waals surface area contributed by atoms with Crippen molar-refractivity contribution in [2.45, 2.75) is 0 Å². The van der Waals surface area contributed by atoms with Crippen LogP contribution in [0.4, 0.5) is 0 Å². The molecule has 38 valence electrons. The Hall–Kier alpha value is 0.819. The molecule has 0 unspecified atom stereocenters. The van der Waals surface area contributed by atoms with E-state index in [1.165, 1.54) is 0 Å². The van der Waals surface area contributed by atoms with Crippen LogP contribution in [0.15, 0.2) is 9.21 Å². The summed E-state index contributed by atoms with van der Waals surface area (Å²) in [6.07, 6.45) is 0. The zero-order valence-electron chi connectivity index (χ0n) is 3.06. The second-order valence-electron chi connectivity index (χ2n) is 0.846. The summed E-state index contributed by atoms with van der Waals surface area (Å²) in [6.45, 7) is 0. The summed E-state index contributed by atoms with van der Waals surface area (Å²) in [5.74, 6) is 0. The molecule has 0 bridgehead atoms. The molecule has 1 rings (SSSR count). The van der Waals surface area contributed by atoms with Crippen LogP contribution in [0.1, 0.15) is 0 Å². The third kappa shape index (κ3) is 1.35. The predicted octanol–water partition coefficient (Wildman–Crippen LogP) is 1.06. The normalized spacial score (nSPS) is 9.43. The Morgan fingerprint density at radius 2 is 1.57 bits per heavy atom. The molecular formula is C2Br2N2Se. The van der Waals surface area contributed by atoms with E-state index in [1.807, 2.05) is 0 Å². The molecule has 0 atom stereocenters. The molecule has 1 aromatic rings. The van der Waals surface area contributed by atoms with Crippen LogP contribution in [0.25, 0.3) is 0 Å². The van der Waals surface area contributed by atoms with Crippen LogP contribution in [0.5, 0.6) is 0 Å². The van der Waals surface area contributed by atoms with E-state index in [0.29, 0.717) is 0 Å². The van der Waals surface area contributed by atoms with Crippen molar-refractivity contribution in [2.75, 3.05) is 0 Å². The molecular weight excluding hydrogens is 291 g/mol. The minimum absolute atomic E-state index is 0.0949. The molecule has 0 radical (unpaired) electrons. The first-order valence-corrected chi connectivity index (χ1v) is 4.56. The fraction of sp³-hybridized carbons (Fsp3) is 0. The average Bonchev–Trinajstić information content (AvgIpc) is 1.91. The first-order chi connectivity index (χ1) is 3.30. The Morgan fingerprint density at radius 1 is 1.14 bits per heavy atom. The van der Waals surface area contributed by atoms with E-state index in [0.717, 1.165) is 9.21 Å². The summed E-state index contributed by atoms with van der Waals surface area (Å²) < 4.78 is 9.61. The summed E-state index contributed by atoms with van der Waals surface area (Å²) in [5.41, 5.74) is 0.